The van der Waals surface area contributed by atoms with Crippen LogP contribution in [0.1, 0.15) is 71.6 Å². The van der Waals surface area contributed by atoms with Crippen molar-refractivity contribution in [2.45, 2.75) is 89.8 Å². The Morgan fingerprint density at radius 1 is 1.00 bits per heavy atom. The molecule has 2 aliphatic rings. The lowest BCUT2D eigenvalue weighted by molar-refractivity contribution is 0.144. The van der Waals surface area contributed by atoms with Crippen LogP contribution in [-0.2, 0) is 0 Å². The Hall–Kier alpha value is -0.120. The molecule has 21 heavy (non-hydrogen) atoms. The molecular formula is C18H37N3. The molecule has 2 heterocycles. The molecule has 2 unspecified atom stereocenters. The van der Waals surface area contributed by atoms with Gasteiger partial charge in [0.1, 0.15) is 0 Å². The lowest BCUT2D eigenvalue weighted by Crippen LogP contribution is -2.46. The van der Waals surface area contributed by atoms with Crippen LogP contribution in [0.3, 0.4) is 0 Å². The number of nitrogens with two attached hydrogens (primary N) is 1. The lowest BCUT2D eigenvalue weighted by Gasteiger charge is -2.35. The van der Waals surface area contributed by atoms with Crippen molar-refractivity contribution in [1.82, 2.24) is 9.80 Å². The number of rotatable bonds is 8. The maximum atomic E-state index is 6.02. The second-order valence-electron chi connectivity index (χ2n) is 7.36. The minimum Gasteiger partial charge on any atom is -0.328 e. The molecule has 0 aromatic carbocycles. The van der Waals surface area contributed by atoms with Crippen LogP contribution >= 0.6 is 0 Å². The van der Waals surface area contributed by atoms with Gasteiger partial charge in [-0.1, -0.05) is 39.0 Å². The summed E-state index contributed by atoms with van der Waals surface area (Å²) in [5.41, 5.74) is 6.02. The van der Waals surface area contributed by atoms with Gasteiger partial charge < -0.3 is 5.73 Å². The van der Waals surface area contributed by atoms with Crippen molar-refractivity contribution < 1.29 is 0 Å². The molecule has 124 valence electrons. The minimum absolute atomic E-state index is 0.459. The van der Waals surface area contributed by atoms with Crippen LogP contribution in [-0.4, -0.2) is 54.1 Å². The Labute approximate surface area is 132 Å². The van der Waals surface area contributed by atoms with Crippen LogP contribution in [0.25, 0.3) is 0 Å². The fraction of sp³-hybridized carbons (Fsp3) is 1.00. The van der Waals surface area contributed by atoms with E-state index in [4.69, 9.17) is 5.73 Å². The molecule has 0 saturated carbocycles. The van der Waals surface area contributed by atoms with Gasteiger partial charge in [-0.3, -0.25) is 9.80 Å². The Bertz CT molecular complexity index is 274. The Morgan fingerprint density at radius 3 is 2.43 bits per heavy atom. The number of hydrogen-bond donors (Lipinski definition) is 1. The molecule has 0 aromatic heterocycles. The van der Waals surface area contributed by atoms with Gasteiger partial charge in [-0.05, 0) is 45.7 Å². The Morgan fingerprint density at radius 2 is 1.71 bits per heavy atom. The van der Waals surface area contributed by atoms with Crippen LogP contribution in [0.2, 0.25) is 0 Å². The smallest absolute Gasteiger partial charge is 0.0235 e. The van der Waals surface area contributed by atoms with Crippen molar-refractivity contribution in [3.63, 3.8) is 0 Å². The van der Waals surface area contributed by atoms with E-state index in [9.17, 15) is 0 Å². The predicted octanol–water partition coefficient (Wildman–Crippen LogP) is 3.23. The fourth-order valence-corrected chi connectivity index (χ4v) is 3.98. The summed E-state index contributed by atoms with van der Waals surface area (Å²) in [4.78, 5) is 5.44. The normalized spacial score (nSPS) is 27.3. The first-order chi connectivity index (χ1) is 10.2. The molecule has 2 rings (SSSR count). The van der Waals surface area contributed by atoms with E-state index in [1.54, 1.807) is 0 Å². The van der Waals surface area contributed by atoms with Gasteiger partial charge in [0.25, 0.3) is 0 Å². The van der Waals surface area contributed by atoms with Crippen molar-refractivity contribution in [3.05, 3.63) is 0 Å². The van der Waals surface area contributed by atoms with Crippen molar-refractivity contribution in [2.75, 3.05) is 26.2 Å². The lowest BCUT2D eigenvalue weighted by atomic mass is 10.0. The molecule has 0 aromatic rings. The fourth-order valence-electron chi connectivity index (χ4n) is 3.98. The summed E-state index contributed by atoms with van der Waals surface area (Å²) in [7, 11) is 0. The largest absolute Gasteiger partial charge is 0.328 e. The first-order valence-electron chi connectivity index (χ1n) is 9.44. The second-order valence-corrected chi connectivity index (χ2v) is 7.36. The van der Waals surface area contributed by atoms with Gasteiger partial charge >= 0.3 is 0 Å². The molecule has 3 heteroatoms. The van der Waals surface area contributed by atoms with E-state index >= 15 is 0 Å². The zero-order valence-electron chi connectivity index (χ0n) is 14.4. The molecule has 2 N–H and O–H groups in total. The molecule has 2 saturated heterocycles. The monoisotopic (exact) mass is 295 g/mol. The van der Waals surface area contributed by atoms with E-state index < -0.39 is 0 Å². The standard InChI is InChI=1S/C18H37N3/c1-3-4-5-6-7-8-16(2)21-14-11-18(15-21)20-12-9-17(19)10-13-20/h16-18H,3-15,19H2,1-2H3. The highest BCUT2D eigenvalue weighted by atomic mass is 15.3. The third-order valence-corrected chi connectivity index (χ3v) is 5.63. The first-order valence-corrected chi connectivity index (χ1v) is 9.44. The van der Waals surface area contributed by atoms with Gasteiger partial charge in [-0.15, -0.1) is 0 Å². The van der Waals surface area contributed by atoms with Gasteiger partial charge in [0.05, 0.1) is 0 Å². The van der Waals surface area contributed by atoms with Gasteiger partial charge in [0, 0.05) is 31.2 Å². The van der Waals surface area contributed by atoms with Crippen LogP contribution in [0.5, 0.6) is 0 Å². The summed E-state index contributed by atoms with van der Waals surface area (Å²) >= 11 is 0. The van der Waals surface area contributed by atoms with Gasteiger partial charge in [-0.2, -0.15) is 0 Å². The molecule has 2 atom stereocenters. The van der Waals surface area contributed by atoms with Crippen molar-refractivity contribution in [1.29, 1.82) is 0 Å². The molecule has 0 amide bonds. The maximum absolute atomic E-state index is 6.02. The Kier molecular flexibility index (Phi) is 7.48. The molecule has 0 radical (unpaired) electrons. The molecule has 0 bridgehead atoms. The third kappa shape index (κ3) is 5.54. The van der Waals surface area contributed by atoms with Crippen LogP contribution in [0.15, 0.2) is 0 Å². The third-order valence-electron chi connectivity index (χ3n) is 5.63. The van der Waals surface area contributed by atoms with E-state index in [-0.39, 0.29) is 0 Å². The van der Waals surface area contributed by atoms with E-state index in [1.165, 1.54) is 84.0 Å². The first kappa shape index (κ1) is 17.2. The van der Waals surface area contributed by atoms with Gasteiger partial charge in [0.15, 0.2) is 0 Å². The average molecular weight is 296 g/mol. The summed E-state index contributed by atoms with van der Waals surface area (Å²) in [6.07, 6.45) is 12.2. The quantitative estimate of drug-likeness (QED) is 0.698. The molecule has 2 fully saturated rings. The predicted molar refractivity (Wildman–Crippen MR) is 91.6 cm³/mol. The number of hydrogen-bond acceptors (Lipinski definition) is 3. The minimum atomic E-state index is 0.459. The molecule has 0 spiro atoms. The van der Waals surface area contributed by atoms with Gasteiger partial charge in [0.2, 0.25) is 0 Å². The Balaban J connectivity index is 1.62. The zero-order valence-corrected chi connectivity index (χ0v) is 14.4. The average Bonchev–Trinajstić information content (AvgIpc) is 2.97. The highest BCUT2D eigenvalue weighted by Crippen LogP contribution is 2.23. The molecule has 3 nitrogen and oxygen atoms in total. The highest BCUT2D eigenvalue weighted by Gasteiger charge is 2.31. The number of likely N-dealkylation sites (tertiary alicyclic amines) is 2. The van der Waals surface area contributed by atoms with Crippen molar-refractivity contribution in [2.24, 2.45) is 5.73 Å². The summed E-state index contributed by atoms with van der Waals surface area (Å²) in [5, 5.41) is 0. The summed E-state index contributed by atoms with van der Waals surface area (Å²) in [6.45, 7) is 9.79. The van der Waals surface area contributed by atoms with E-state index in [0.717, 1.165) is 12.1 Å². The number of piperidine rings is 1. The highest BCUT2D eigenvalue weighted by molar-refractivity contribution is 4.88. The topological polar surface area (TPSA) is 32.5 Å². The van der Waals surface area contributed by atoms with E-state index in [0.29, 0.717) is 6.04 Å². The zero-order chi connectivity index (χ0) is 15.1. The van der Waals surface area contributed by atoms with Crippen molar-refractivity contribution in [3.8, 4) is 0 Å². The van der Waals surface area contributed by atoms with Crippen LogP contribution < -0.4 is 5.73 Å². The van der Waals surface area contributed by atoms with Gasteiger partial charge in [-0.25, -0.2) is 0 Å². The van der Waals surface area contributed by atoms with E-state index in [1.807, 2.05) is 0 Å². The van der Waals surface area contributed by atoms with Crippen LogP contribution in [0.4, 0.5) is 0 Å². The second kappa shape index (κ2) is 9.12. The molecule has 2 aliphatic heterocycles. The number of nitrogens with zero attached hydrogens (tertiary/aromatic N) is 2. The van der Waals surface area contributed by atoms with E-state index in [2.05, 4.69) is 23.6 Å². The van der Waals surface area contributed by atoms with Crippen LogP contribution in [0, 0.1) is 0 Å². The summed E-state index contributed by atoms with van der Waals surface area (Å²) in [6, 6.07) is 2.05. The SMILES string of the molecule is CCCCCCCC(C)N1CCC(N2CCC(N)CC2)C1. The summed E-state index contributed by atoms with van der Waals surface area (Å²) in [5.74, 6) is 0. The van der Waals surface area contributed by atoms with Crippen molar-refractivity contribution >= 4 is 0 Å². The summed E-state index contributed by atoms with van der Waals surface area (Å²) < 4.78 is 0. The maximum Gasteiger partial charge on any atom is 0.0235 e. The molecule has 0 aliphatic carbocycles. The number of unbranched alkanes of at least 4 members (excludes halogenated alkanes) is 4. The molecular weight excluding hydrogens is 258 g/mol.